The molecule has 0 atom stereocenters. The molecule has 2 rings (SSSR count). The largest absolute Gasteiger partial charge is 0.256 e. The minimum absolute atomic E-state index is 0. The third kappa shape index (κ3) is 1.61. The molecule has 0 fully saturated rings. The van der Waals surface area contributed by atoms with Crippen LogP contribution in [0.1, 0.15) is 5.56 Å². The lowest BCUT2D eigenvalue weighted by Crippen LogP contribution is -1.81. The topological polar surface area (TPSA) is 36.7 Å². The van der Waals surface area contributed by atoms with Crippen molar-refractivity contribution >= 4 is 23.3 Å². The Morgan fingerprint density at radius 1 is 1.15 bits per heavy atom. The molecule has 1 aromatic carbocycles. The quantitative estimate of drug-likeness (QED) is 0.640. The van der Waals surface area contributed by atoms with Crippen LogP contribution in [0.15, 0.2) is 36.5 Å². The van der Waals surface area contributed by atoms with E-state index in [1.165, 1.54) is 0 Å². The van der Waals surface area contributed by atoms with Crippen LogP contribution < -0.4 is 0 Å². The van der Waals surface area contributed by atoms with E-state index in [-0.39, 0.29) is 12.4 Å². The molecular formula is C10H7ClN2. The summed E-state index contributed by atoms with van der Waals surface area (Å²) in [5, 5.41) is 9.68. The molecule has 1 heterocycles. The van der Waals surface area contributed by atoms with Gasteiger partial charge in [-0.25, -0.2) is 0 Å². The summed E-state index contributed by atoms with van der Waals surface area (Å²) in [5.74, 6) is 0. The fourth-order valence-electron chi connectivity index (χ4n) is 1.19. The van der Waals surface area contributed by atoms with Gasteiger partial charge in [0.25, 0.3) is 0 Å². The van der Waals surface area contributed by atoms with Gasteiger partial charge in [-0.15, -0.1) is 12.4 Å². The maximum atomic E-state index is 8.76. The third-order valence-electron chi connectivity index (χ3n) is 1.77. The Hall–Kier alpha value is -1.59. The second kappa shape index (κ2) is 3.88. The number of para-hydroxylation sites is 1. The van der Waals surface area contributed by atoms with Crippen molar-refractivity contribution in [1.82, 2.24) is 4.98 Å². The number of hydrogen-bond acceptors (Lipinski definition) is 2. The monoisotopic (exact) mass is 190 g/mol. The second-order valence-electron chi connectivity index (χ2n) is 2.49. The molecule has 0 saturated carbocycles. The van der Waals surface area contributed by atoms with Gasteiger partial charge in [-0.3, -0.25) is 4.98 Å². The van der Waals surface area contributed by atoms with Crippen molar-refractivity contribution in [3.05, 3.63) is 42.1 Å². The van der Waals surface area contributed by atoms with Crippen molar-refractivity contribution < 1.29 is 0 Å². The number of fused-ring (bicyclic) bond motifs is 1. The predicted molar refractivity (Wildman–Crippen MR) is 53.7 cm³/mol. The number of benzene rings is 1. The molecule has 0 radical (unpaired) electrons. The lowest BCUT2D eigenvalue weighted by Gasteiger charge is -1.96. The van der Waals surface area contributed by atoms with Crippen LogP contribution in [0, 0.1) is 11.3 Å². The predicted octanol–water partition coefficient (Wildman–Crippen LogP) is 2.53. The van der Waals surface area contributed by atoms with E-state index in [0.717, 1.165) is 10.9 Å². The number of halogens is 1. The molecule has 0 unspecified atom stereocenters. The van der Waals surface area contributed by atoms with Crippen LogP contribution in [-0.4, -0.2) is 4.98 Å². The van der Waals surface area contributed by atoms with Crippen LogP contribution >= 0.6 is 12.4 Å². The first kappa shape index (κ1) is 9.50. The van der Waals surface area contributed by atoms with Gasteiger partial charge in [-0.1, -0.05) is 18.2 Å². The van der Waals surface area contributed by atoms with E-state index in [0.29, 0.717) is 5.56 Å². The molecule has 0 spiro atoms. The smallest absolute Gasteiger partial charge is 0.0999 e. The maximum Gasteiger partial charge on any atom is 0.0999 e. The molecule has 0 amide bonds. The maximum absolute atomic E-state index is 8.76. The fourth-order valence-corrected chi connectivity index (χ4v) is 1.19. The van der Waals surface area contributed by atoms with Gasteiger partial charge in [-0.2, -0.15) is 5.26 Å². The molecule has 1 aromatic heterocycles. The van der Waals surface area contributed by atoms with Gasteiger partial charge in [0.1, 0.15) is 0 Å². The molecule has 0 aliphatic heterocycles. The van der Waals surface area contributed by atoms with Crippen LogP contribution in [0.5, 0.6) is 0 Å². The summed E-state index contributed by atoms with van der Waals surface area (Å²) >= 11 is 0. The Morgan fingerprint density at radius 3 is 2.69 bits per heavy atom. The Kier molecular flexibility index (Phi) is 2.84. The van der Waals surface area contributed by atoms with Crippen LogP contribution in [0.2, 0.25) is 0 Å². The minimum atomic E-state index is 0. The molecule has 0 aliphatic carbocycles. The van der Waals surface area contributed by atoms with Crippen LogP contribution in [0.4, 0.5) is 0 Å². The lowest BCUT2D eigenvalue weighted by molar-refractivity contribution is 1.39. The molecule has 0 saturated heterocycles. The number of nitrogens with zero attached hydrogens (tertiary/aromatic N) is 2. The van der Waals surface area contributed by atoms with Gasteiger partial charge >= 0.3 is 0 Å². The molecule has 13 heavy (non-hydrogen) atoms. The highest BCUT2D eigenvalue weighted by Gasteiger charge is 1.97. The summed E-state index contributed by atoms with van der Waals surface area (Å²) in [7, 11) is 0. The van der Waals surface area contributed by atoms with E-state index in [1.807, 2.05) is 24.3 Å². The summed E-state index contributed by atoms with van der Waals surface area (Å²) < 4.78 is 0. The van der Waals surface area contributed by atoms with Crippen molar-refractivity contribution in [2.24, 2.45) is 0 Å². The van der Waals surface area contributed by atoms with Gasteiger partial charge in [0.2, 0.25) is 0 Å². The molecule has 2 nitrogen and oxygen atoms in total. The van der Waals surface area contributed by atoms with Crippen LogP contribution in [0.3, 0.4) is 0 Å². The van der Waals surface area contributed by atoms with Crippen molar-refractivity contribution in [3.8, 4) is 6.07 Å². The van der Waals surface area contributed by atoms with E-state index < -0.39 is 0 Å². The highest BCUT2D eigenvalue weighted by molar-refractivity contribution is 5.85. The van der Waals surface area contributed by atoms with E-state index in [4.69, 9.17) is 5.26 Å². The highest BCUT2D eigenvalue weighted by Crippen LogP contribution is 2.14. The molecule has 3 heteroatoms. The third-order valence-corrected chi connectivity index (χ3v) is 1.77. The standard InChI is InChI=1S/C10H6N2.ClH/c11-7-8-5-6-12-10-4-2-1-3-9(8)10;/h1-6H;1H. The summed E-state index contributed by atoms with van der Waals surface area (Å²) in [6.07, 6.45) is 1.65. The van der Waals surface area contributed by atoms with E-state index in [2.05, 4.69) is 11.1 Å². The van der Waals surface area contributed by atoms with Crippen molar-refractivity contribution in [3.63, 3.8) is 0 Å². The molecule has 2 aromatic rings. The first-order valence-corrected chi connectivity index (χ1v) is 3.65. The molecule has 0 bridgehead atoms. The normalized spacial score (nSPS) is 8.85. The average Bonchev–Trinajstić information content (AvgIpc) is 2.17. The molecule has 64 valence electrons. The Morgan fingerprint density at radius 2 is 1.92 bits per heavy atom. The zero-order valence-corrected chi connectivity index (χ0v) is 7.58. The zero-order valence-electron chi connectivity index (χ0n) is 6.77. The summed E-state index contributed by atoms with van der Waals surface area (Å²) in [5.41, 5.74) is 1.55. The van der Waals surface area contributed by atoms with Gasteiger partial charge < -0.3 is 0 Å². The van der Waals surface area contributed by atoms with Crippen molar-refractivity contribution in [2.45, 2.75) is 0 Å². The number of rotatable bonds is 0. The number of nitriles is 1. The first-order valence-electron chi connectivity index (χ1n) is 3.65. The van der Waals surface area contributed by atoms with E-state index in [1.54, 1.807) is 12.3 Å². The van der Waals surface area contributed by atoms with Gasteiger partial charge in [0.05, 0.1) is 17.1 Å². The van der Waals surface area contributed by atoms with Gasteiger partial charge in [0.15, 0.2) is 0 Å². The van der Waals surface area contributed by atoms with E-state index in [9.17, 15) is 0 Å². The number of aromatic nitrogens is 1. The Labute approximate surface area is 82.2 Å². The first-order chi connectivity index (χ1) is 5.92. The summed E-state index contributed by atoms with van der Waals surface area (Å²) in [6.45, 7) is 0. The zero-order chi connectivity index (χ0) is 8.39. The highest BCUT2D eigenvalue weighted by atomic mass is 35.5. The second-order valence-corrected chi connectivity index (χ2v) is 2.49. The Bertz CT molecular complexity index is 454. The molecular weight excluding hydrogens is 184 g/mol. The van der Waals surface area contributed by atoms with Gasteiger partial charge in [0, 0.05) is 11.6 Å². The SMILES string of the molecule is Cl.N#Cc1ccnc2ccccc12. The molecule has 0 aliphatic rings. The fraction of sp³-hybridized carbons (Fsp3) is 0. The lowest BCUT2D eigenvalue weighted by atomic mass is 10.1. The summed E-state index contributed by atoms with van der Waals surface area (Å²) in [4.78, 5) is 4.14. The van der Waals surface area contributed by atoms with Crippen molar-refractivity contribution in [2.75, 3.05) is 0 Å². The number of hydrogen-bond donors (Lipinski definition) is 0. The molecule has 0 N–H and O–H groups in total. The average molecular weight is 191 g/mol. The van der Waals surface area contributed by atoms with Gasteiger partial charge in [-0.05, 0) is 12.1 Å². The van der Waals surface area contributed by atoms with E-state index >= 15 is 0 Å². The summed E-state index contributed by atoms with van der Waals surface area (Å²) in [6, 6.07) is 11.5. The Balaban J connectivity index is 0.000000845. The van der Waals surface area contributed by atoms with Crippen LogP contribution in [0.25, 0.3) is 10.9 Å². The number of pyridine rings is 1. The minimum Gasteiger partial charge on any atom is -0.256 e. The van der Waals surface area contributed by atoms with Crippen LogP contribution in [-0.2, 0) is 0 Å². The van der Waals surface area contributed by atoms with Crippen molar-refractivity contribution in [1.29, 1.82) is 5.26 Å².